The van der Waals surface area contributed by atoms with Crippen LogP contribution in [0.3, 0.4) is 0 Å². The van der Waals surface area contributed by atoms with Crippen LogP contribution in [0.2, 0.25) is 0 Å². The van der Waals surface area contributed by atoms with E-state index in [2.05, 4.69) is 21.2 Å². The normalized spacial score (nSPS) is 11.3. The highest BCUT2D eigenvalue weighted by Gasteiger charge is 2.28. The molecule has 0 aliphatic rings. The number of ketones is 1. The number of carbonyl (C=O) groups is 2. The van der Waals surface area contributed by atoms with Gasteiger partial charge in [-0.05, 0) is 47.1 Å². The first-order valence-electron chi connectivity index (χ1n) is 8.12. The van der Waals surface area contributed by atoms with Gasteiger partial charge in [-0.2, -0.15) is 0 Å². The molecular weight excluding hydrogens is 462 g/mol. The van der Waals surface area contributed by atoms with E-state index in [4.69, 9.17) is 4.74 Å². The van der Waals surface area contributed by atoms with Gasteiger partial charge < -0.3 is 15.2 Å². The lowest BCUT2D eigenvalue weighted by Crippen LogP contribution is -2.19. The highest BCUT2D eigenvalue weighted by Crippen LogP contribution is 2.27. The molecular formula is C19H14BrF4NO4. The number of esters is 1. The lowest BCUT2D eigenvalue weighted by atomic mass is 10.0. The number of ether oxygens (including phenoxy) is 1. The Morgan fingerprint density at radius 2 is 1.86 bits per heavy atom. The third-order valence-corrected chi connectivity index (χ3v) is 4.39. The quantitative estimate of drug-likeness (QED) is 0.0915. The summed E-state index contributed by atoms with van der Waals surface area (Å²) < 4.78 is 58.5. The average Bonchev–Trinajstić information content (AvgIpc) is 2.70. The summed E-state index contributed by atoms with van der Waals surface area (Å²) in [5, 5.41) is 11.8. The molecule has 0 atom stereocenters. The number of anilines is 1. The Morgan fingerprint density at radius 3 is 2.48 bits per heavy atom. The molecule has 0 amide bonds. The number of halogens is 5. The fourth-order valence-electron chi connectivity index (χ4n) is 2.29. The molecule has 2 aromatic carbocycles. The molecule has 0 bridgehead atoms. The topological polar surface area (TPSA) is 75.6 Å². The fraction of sp³-hybridized carbons (Fsp3) is 0.158. The molecule has 0 spiro atoms. The molecule has 0 saturated heterocycles. The highest BCUT2D eigenvalue weighted by atomic mass is 79.9. The van der Waals surface area contributed by atoms with Gasteiger partial charge in [-0.1, -0.05) is 0 Å². The monoisotopic (exact) mass is 475 g/mol. The van der Waals surface area contributed by atoms with Crippen molar-refractivity contribution in [2.45, 2.75) is 13.5 Å². The van der Waals surface area contributed by atoms with E-state index in [1.54, 1.807) is 0 Å². The van der Waals surface area contributed by atoms with E-state index in [0.29, 0.717) is 6.07 Å². The zero-order valence-electron chi connectivity index (χ0n) is 14.9. The van der Waals surface area contributed by atoms with Gasteiger partial charge in [0.25, 0.3) is 0 Å². The van der Waals surface area contributed by atoms with Crippen molar-refractivity contribution in [2.75, 3.05) is 11.9 Å². The molecule has 0 fully saturated rings. The molecule has 2 rings (SSSR count). The van der Waals surface area contributed by atoms with Gasteiger partial charge in [0.2, 0.25) is 5.78 Å². The minimum absolute atomic E-state index is 0.110. The largest absolute Gasteiger partial charge is 0.462 e. The van der Waals surface area contributed by atoms with Gasteiger partial charge in [0.1, 0.15) is 11.4 Å². The lowest BCUT2D eigenvalue weighted by molar-refractivity contribution is -0.138. The zero-order valence-corrected chi connectivity index (χ0v) is 16.4. The summed E-state index contributed by atoms with van der Waals surface area (Å²) in [7, 11) is 0. The van der Waals surface area contributed by atoms with Crippen LogP contribution in [-0.4, -0.2) is 23.5 Å². The molecule has 0 aliphatic carbocycles. The molecule has 0 heterocycles. The molecule has 0 aromatic heterocycles. The SMILES string of the molecule is CCOC(=O)C(=CNc1ccc(F)cc1CO)C(=O)c1cc(F)c(F)c(Br)c1F. The van der Waals surface area contributed by atoms with Crippen molar-refractivity contribution in [3.8, 4) is 0 Å². The first kappa shape index (κ1) is 22.6. The summed E-state index contributed by atoms with van der Waals surface area (Å²) >= 11 is 2.51. The number of benzene rings is 2. The summed E-state index contributed by atoms with van der Waals surface area (Å²) in [6.07, 6.45) is 0.849. The van der Waals surface area contributed by atoms with E-state index < -0.39 is 57.2 Å². The van der Waals surface area contributed by atoms with Crippen molar-refractivity contribution in [3.63, 3.8) is 0 Å². The van der Waals surface area contributed by atoms with E-state index in [1.807, 2.05) is 0 Å². The van der Waals surface area contributed by atoms with Crippen LogP contribution in [0.25, 0.3) is 0 Å². The molecule has 0 unspecified atom stereocenters. The molecule has 2 aromatic rings. The molecule has 5 nitrogen and oxygen atoms in total. The van der Waals surface area contributed by atoms with Crippen LogP contribution in [-0.2, 0) is 16.1 Å². The second-order valence-corrected chi connectivity index (χ2v) is 6.35. The Labute approximate surface area is 171 Å². The Hall–Kier alpha value is -2.72. The van der Waals surface area contributed by atoms with E-state index in [9.17, 15) is 32.3 Å². The summed E-state index contributed by atoms with van der Waals surface area (Å²) in [5.74, 6) is -7.49. The fourth-order valence-corrected chi connectivity index (χ4v) is 2.70. The van der Waals surface area contributed by atoms with Crippen LogP contribution >= 0.6 is 15.9 Å². The Balaban J connectivity index is 2.50. The van der Waals surface area contributed by atoms with Gasteiger partial charge in [0.15, 0.2) is 17.5 Å². The molecule has 0 radical (unpaired) electrons. The van der Waals surface area contributed by atoms with Gasteiger partial charge in [0, 0.05) is 17.5 Å². The van der Waals surface area contributed by atoms with Gasteiger partial charge in [0.05, 0.1) is 23.2 Å². The molecule has 10 heteroatoms. The second kappa shape index (κ2) is 9.66. The van der Waals surface area contributed by atoms with Crippen molar-refractivity contribution < 1.29 is 37.0 Å². The van der Waals surface area contributed by atoms with Gasteiger partial charge in [-0.25, -0.2) is 22.4 Å². The van der Waals surface area contributed by atoms with Crippen LogP contribution in [0.4, 0.5) is 23.2 Å². The van der Waals surface area contributed by atoms with Crippen molar-refractivity contribution in [1.29, 1.82) is 0 Å². The second-order valence-electron chi connectivity index (χ2n) is 5.56. The van der Waals surface area contributed by atoms with Crippen LogP contribution in [0.15, 0.2) is 40.5 Å². The van der Waals surface area contributed by atoms with Gasteiger partial charge in [-0.3, -0.25) is 4.79 Å². The first-order valence-corrected chi connectivity index (χ1v) is 8.91. The predicted molar refractivity (Wildman–Crippen MR) is 99.0 cm³/mol. The zero-order chi connectivity index (χ0) is 21.7. The predicted octanol–water partition coefficient (Wildman–Crippen LogP) is 4.24. The minimum Gasteiger partial charge on any atom is -0.462 e. The number of hydrogen-bond donors (Lipinski definition) is 2. The van der Waals surface area contributed by atoms with Crippen molar-refractivity contribution in [1.82, 2.24) is 0 Å². The maximum Gasteiger partial charge on any atom is 0.343 e. The number of aliphatic hydroxyl groups is 1. The van der Waals surface area contributed by atoms with Gasteiger partial charge in [-0.15, -0.1) is 0 Å². The number of rotatable bonds is 7. The average molecular weight is 476 g/mol. The van der Waals surface area contributed by atoms with E-state index in [1.165, 1.54) is 13.0 Å². The number of Topliss-reactive ketones (excluding diaryl/α,β-unsaturated/α-hetero) is 1. The van der Waals surface area contributed by atoms with E-state index >= 15 is 0 Å². The standard InChI is InChI=1S/C19H14BrF4NO4/c1-2-29-19(28)12(7-25-14-4-3-10(21)5-9(14)8-26)18(27)11-6-13(22)17(24)15(20)16(11)23/h3-7,25-26H,2,8H2,1H3. The molecule has 29 heavy (non-hydrogen) atoms. The van der Waals surface area contributed by atoms with Crippen molar-refractivity contribution in [2.24, 2.45) is 0 Å². The smallest absolute Gasteiger partial charge is 0.343 e. The third kappa shape index (κ3) is 5.01. The van der Waals surface area contributed by atoms with Crippen LogP contribution in [0.1, 0.15) is 22.8 Å². The molecule has 154 valence electrons. The summed E-state index contributed by atoms with van der Waals surface area (Å²) in [4.78, 5) is 24.8. The van der Waals surface area contributed by atoms with Gasteiger partial charge >= 0.3 is 5.97 Å². The maximum absolute atomic E-state index is 14.3. The Morgan fingerprint density at radius 1 is 1.17 bits per heavy atom. The van der Waals surface area contributed by atoms with Crippen LogP contribution in [0.5, 0.6) is 0 Å². The van der Waals surface area contributed by atoms with E-state index in [0.717, 1.165) is 18.3 Å². The molecule has 0 saturated carbocycles. The number of aliphatic hydroxyl groups excluding tert-OH is 1. The molecule has 2 N–H and O–H groups in total. The number of hydrogen-bond acceptors (Lipinski definition) is 5. The lowest BCUT2D eigenvalue weighted by Gasteiger charge is -2.11. The summed E-state index contributed by atoms with van der Waals surface area (Å²) in [6.45, 7) is 0.791. The number of carbonyl (C=O) groups excluding carboxylic acids is 2. The maximum atomic E-state index is 14.3. The Kier molecular flexibility index (Phi) is 7.52. The Bertz CT molecular complexity index is 995. The third-order valence-electron chi connectivity index (χ3n) is 3.70. The van der Waals surface area contributed by atoms with Crippen LogP contribution in [0, 0.1) is 23.3 Å². The summed E-state index contributed by atoms with van der Waals surface area (Å²) in [6, 6.07) is 3.64. The van der Waals surface area contributed by atoms with Crippen molar-refractivity contribution in [3.05, 3.63) is 74.9 Å². The molecule has 0 aliphatic heterocycles. The first-order chi connectivity index (χ1) is 13.7. The van der Waals surface area contributed by atoms with E-state index in [-0.39, 0.29) is 17.9 Å². The highest BCUT2D eigenvalue weighted by molar-refractivity contribution is 9.10. The van der Waals surface area contributed by atoms with Crippen molar-refractivity contribution >= 4 is 33.4 Å². The number of nitrogens with one attached hydrogen (secondary N) is 1. The van der Waals surface area contributed by atoms with Crippen LogP contribution < -0.4 is 5.32 Å². The minimum atomic E-state index is -1.53. The summed E-state index contributed by atoms with van der Waals surface area (Å²) in [5.41, 5.74) is -1.37.